The van der Waals surface area contributed by atoms with Crippen LogP contribution < -0.4 is 10.2 Å². The first-order chi connectivity index (χ1) is 15.0. The molecule has 1 saturated carbocycles. The van der Waals surface area contributed by atoms with Crippen molar-refractivity contribution in [3.8, 4) is 0 Å². The van der Waals surface area contributed by atoms with Gasteiger partial charge in [0.1, 0.15) is 0 Å². The number of fused-ring (bicyclic) bond motifs is 3. The number of non-ortho nitro benzene ring substituents is 1. The third-order valence-electron chi connectivity index (χ3n) is 6.52. The summed E-state index contributed by atoms with van der Waals surface area (Å²) >= 11 is 0. The SMILES string of the molecule is O=C(NCC1CC1)[C@@H]1Cc2cc([N+](=O)[O-])ccc2N2CCN(C(=O)c3ccco3)C[C@@H]12. The normalized spacial score (nSPS) is 22.5. The number of nitro groups is 1. The number of benzene rings is 1. The highest BCUT2D eigenvalue weighted by molar-refractivity contribution is 5.92. The first kappa shape index (κ1) is 19.6. The molecule has 162 valence electrons. The van der Waals surface area contributed by atoms with Crippen molar-refractivity contribution in [2.45, 2.75) is 25.3 Å². The van der Waals surface area contributed by atoms with Gasteiger partial charge in [-0.2, -0.15) is 0 Å². The summed E-state index contributed by atoms with van der Waals surface area (Å²) in [5.74, 6) is 0.221. The number of amides is 2. The van der Waals surface area contributed by atoms with Crippen LogP contribution in [0.5, 0.6) is 0 Å². The number of anilines is 1. The van der Waals surface area contributed by atoms with Crippen LogP contribution in [0.25, 0.3) is 0 Å². The van der Waals surface area contributed by atoms with Crippen LogP contribution >= 0.6 is 0 Å². The maximum absolute atomic E-state index is 13.1. The smallest absolute Gasteiger partial charge is 0.289 e. The van der Waals surface area contributed by atoms with Crippen molar-refractivity contribution in [2.24, 2.45) is 11.8 Å². The lowest BCUT2D eigenvalue weighted by Gasteiger charge is -2.48. The number of hydrogen-bond acceptors (Lipinski definition) is 6. The molecule has 2 amide bonds. The molecule has 0 bridgehead atoms. The van der Waals surface area contributed by atoms with Gasteiger partial charge >= 0.3 is 0 Å². The lowest BCUT2D eigenvalue weighted by atomic mass is 9.83. The molecule has 9 heteroatoms. The van der Waals surface area contributed by atoms with Crippen LogP contribution in [-0.4, -0.2) is 53.9 Å². The predicted molar refractivity (Wildman–Crippen MR) is 112 cm³/mol. The Balaban J connectivity index is 1.43. The molecular weight excluding hydrogens is 400 g/mol. The second-order valence-electron chi connectivity index (χ2n) is 8.56. The van der Waals surface area contributed by atoms with Gasteiger partial charge in [0, 0.05) is 44.0 Å². The number of rotatable bonds is 5. The fraction of sp³-hybridized carbons (Fsp3) is 0.455. The molecule has 2 fully saturated rings. The Bertz CT molecular complexity index is 1020. The van der Waals surface area contributed by atoms with E-state index in [0.29, 0.717) is 38.5 Å². The van der Waals surface area contributed by atoms with Gasteiger partial charge < -0.3 is 19.5 Å². The average molecular weight is 424 g/mol. The van der Waals surface area contributed by atoms with Crippen LogP contribution in [0, 0.1) is 22.0 Å². The van der Waals surface area contributed by atoms with Crippen molar-refractivity contribution in [1.82, 2.24) is 10.2 Å². The van der Waals surface area contributed by atoms with Crippen molar-refractivity contribution in [1.29, 1.82) is 0 Å². The van der Waals surface area contributed by atoms with Gasteiger partial charge in [-0.05, 0) is 48.9 Å². The molecule has 1 aromatic carbocycles. The summed E-state index contributed by atoms with van der Waals surface area (Å²) in [6, 6.07) is 7.98. The molecule has 1 saturated heterocycles. The fourth-order valence-electron chi connectivity index (χ4n) is 4.66. The maximum atomic E-state index is 13.1. The van der Waals surface area contributed by atoms with Crippen LogP contribution in [0.4, 0.5) is 11.4 Å². The lowest BCUT2D eigenvalue weighted by molar-refractivity contribution is -0.384. The zero-order chi connectivity index (χ0) is 21.5. The van der Waals surface area contributed by atoms with Crippen molar-refractivity contribution in [3.05, 3.63) is 58.0 Å². The fourth-order valence-corrected chi connectivity index (χ4v) is 4.66. The number of hydrogen-bond donors (Lipinski definition) is 1. The van der Waals surface area contributed by atoms with Gasteiger partial charge in [-0.3, -0.25) is 19.7 Å². The van der Waals surface area contributed by atoms with E-state index in [2.05, 4.69) is 10.2 Å². The molecular formula is C22H24N4O5. The average Bonchev–Trinajstić information content (AvgIpc) is 3.46. The number of carbonyl (C=O) groups is 2. The quantitative estimate of drug-likeness (QED) is 0.582. The minimum absolute atomic E-state index is 0.0287. The number of nitrogens with one attached hydrogen (secondary N) is 1. The van der Waals surface area contributed by atoms with Gasteiger partial charge in [-0.25, -0.2) is 0 Å². The summed E-state index contributed by atoms with van der Waals surface area (Å²) in [5.41, 5.74) is 1.75. The molecule has 2 aromatic rings. The zero-order valence-electron chi connectivity index (χ0n) is 17.0. The molecule has 0 spiro atoms. The molecule has 31 heavy (non-hydrogen) atoms. The first-order valence-electron chi connectivity index (χ1n) is 10.7. The Labute approximate surface area is 179 Å². The van der Waals surface area contributed by atoms with E-state index in [1.54, 1.807) is 29.2 Å². The minimum Gasteiger partial charge on any atom is -0.459 e. The summed E-state index contributed by atoms with van der Waals surface area (Å²) in [4.78, 5) is 40.7. The molecule has 9 nitrogen and oxygen atoms in total. The van der Waals surface area contributed by atoms with Crippen LogP contribution in [0.2, 0.25) is 0 Å². The van der Waals surface area contributed by atoms with E-state index in [1.165, 1.54) is 12.3 Å². The van der Waals surface area contributed by atoms with Crippen molar-refractivity contribution in [2.75, 3.05) is 31.1 Å². The summed E-state index contributed by atoms with van der Waals surface area (Å²) < 4.78 is 5.27. The Morgan fingerprint density at radius 2 is 2.06 bits per heavy atom. The highest BCUT2D eigenvalue weighted by Crippen LogP contribution is 2.38. The molecule has 3 aliphatic rings. The van der Waals surface area contributed by atoms with E-state index < -0.39 is 4.92 Å². The number of nitro benzene ring substituents is 1. The number of piperazine rings is 1. The van der Waals surface area contributed by atoms with E-state index in [-0.39, 0.29) is 35.2 Å². The molecule has 0 radical (unpaired) electrons. The van der Waals surface area contributed by atoms with E-state index >= 15 is 0 Å². The largest absolute Gasteiger partial charge is 0.459 e. The minimum atomic E-state index is -0.408. The van der Waals surface area contributed by atoms with E-state index in [9.17, 15) is 19.7 Å². The number of nitrogens with zero attached hydrogens (tertiary/aromatic N) is 3. The third-order valence-corrected chi connectivity index (χ3v) is 6.52. The molecule has 5 rings (SSSR count). The Morgan fingerprint density at radius 3 is 2.77 bits per heavy atom. The van der Waals surface area contributed by atoms with Gasteiger partial charge in [0.2, 0.25) is 5.91 Å². The summed E-state index contributed by atoms with van der Waals surface area (Å²) in [6.07, 6.45) is 4.17. The van der Waals surface area contributed by atoms with Crippen LogP contribution in [0.3, 0.4) is 0 Å². The molecule has 1 N–H and O–H groups in total. The molecule has 1 aromatic heterocycles. The van der Waals surface area contributed by atoms with Crippen molar-refractivity contribution >= 4 is 23.2 Å². The Hall–Kier alpha value is -3.36. The summed E-state index contributed by atoms with van der Waals surface area (Å²) in [5, 5.41) is 14.3. The van der Waals surface area contributed by atoms with Crippen molar-refractivity contribution < 1.29 is 18.9 Å². The van der Waals surface area contributed by atoms with Gasteiger partial charge in [-0.1, -0.05) is 0 Å². The first-order valence-corrected chi connectivity index (χ1v) is 10.7. The number of furan rings is 1. The zero-order valence-corrected chi connectivity index (χ0v) is 17.0. The molecule has 2 aliphatic heterocycles. The second kappa shape index (κ2) is 7.72. The molecule has 0 unspecified atom stereocenters. The molecule has 2 atom stereocenters. The van der Waals surface area contributed by atoms with E-state index in [0.717, 1.165) is 24.1 Å². The van der Waals surface area contributed by atoms with Crippen LogP contribution in [0.15, 0.2) is 41.0 Å². The van der Waals surface area contributed by atoms with Gasteiger partial charge in [0.25, 0.3) is 11.6 Å². The van der Waals surface area contributed by atoms with Crippen LogP contribution in [-0.2, 0) is 11.2 Å². The molecule has 3 heterocycles. The van der Waals surface area contributed by atoms with Crippen LogP contribution in [0.1, 0.15) is 29.0 Å². The highest BCUT2D eigenvalue weighted by atomic mass is 16.6. The maximum Gasteiger partial charge on any atom is 0.289 e. The monoisotopic (exact) mass is 424 g/mol. The third kappa shape index (κ3) is 3.75. The van der Waals surface area contributed by atoms with Crippen molar-refractivity contribution in [3.63, 3.8) is 0 Å². The van der Waals surface area contributed by atoms with E-state index in [1.807, 2.05) is 0 Å². The Kier molecular flexibility index (Phi) is 4.88. The Morgan fingerprint density at radius 1 is 1.23 bits per heavy atom. The van der Waals surface area contributed by atoms with Gasteiger partial charge in [-0.15, -0.1) is 0 Å². The van der Waals surface area contributed by atoms with E-state index in [4.69, 9.17) is 4.42 Å². The summed E-state index contributed by atoms with van der Waals surface area (Å²) in [7, 11) is 0. The standard InChI is InChI=1S/C22H24N4O5/c27-21(23-12-14-3-4-14)17-11-15-10-16(26(29)30)5-6-18(15)25-8-7-24(13-19(17)25)22(28)20-2-1-9-31-20/h1-2,5-6,9-10,14,17,19H,3-4,7-8,11-13H2,(H,23,27)/t17-,19+/m1/s1. The highest BCUT2D eigenvalue weighted by Gasteiger charge is 2.43. The number of carbonyl (C=O) groups excluding carboxylic acids is 2. The summed E-state index contributed by atoms with van der Waals surface area (Å²) in [6.45, 7) is 2.10. The predicted octanol–water partition coefficient (Wildman–Crippen LogP) is 2.22. The van der Waals surface area contributed by atoms with Gasteiger partial charge in [0.05, 0.1) is 23.1 Å². The second-order valence-corrected chi connectivity index (χ2v) is 8.56. The topological polar surface area (TPSA) is 109 Å². The van der Waals surface area contributed by atoms with Gasteiger partial charge in [0.15, 0.2) is 5.76 Å². The molecule has 1 aliphatic carbocycles. The lowest BCUT2D eigenvalue weighted by Crippen LogP contribution is -2.62.